The van der Waals surface area contributed by atoms with Gasteiger partial charge >= 0.3 is 0 Å². The smallest absolute Gasteiger partial charge is 0.176 e. The zero-order chi connectivity index (χ0) is 12.9. The van der Waals surface area contributed by atoms with Crippen LogP contribution in [0.1, 0.15) is 19.3 Å². The Morgan fingerprint density at radius 2 is 2.12 bits per heavy atom. The Morgan fingerprint density at radius 3 is 2.59 bits per heavy atom. The first-order valence-corrected chi connectivity index (χ1v) is 9.50. The van der Waals surface area contributed by atoms with Gasteiger partial charge in [-0.15, -0.1) is 23.5 Å². The molecule has 1 atom stereocenters. The minimum Gasteiger partial charge on any atom is -0.385 e. The number of aliphatic hydroxyl groups is 1. The van der Waals surface area contributed by atoms with E-state index in [-0.39, 0.29) is 5.75 Å². The first-order chi connectivity index (χ1) is 7.91. The molecule has 0 fully saturated rings. The van der Waals surface area contributed by atoms with Crippen molar-refractivity contribution in [2.45, 2.75) is 24.9 Å². The van der Waals surface area contributed by atoms with Crippen molar-refractivity contribution in [1.29, 1.82) is 0 Å². The molecule has 0 spiro atoms. The van der Waals surface area contributed by atoms with Gasteiger partial charge in [-0.3, -0.25) is 0 Å². The van der Waals surface area contributed by atoms with Gasteiger partial charge in [-0.1, -0.05) is 12.2 Å². The van der Waals surface area contributed by atoms with Crippen LogP contribution in [0.3, 0.4) is 0 Å². The van der Waals surface area contributed by atoms with Crippen LogP contribution >= 0.6 is 23.5 Å². The number of sulfone groups is 1. The predicted octanol–water partition coefficient (Wildman–Crippen LogP) is 2.40. The molecule has 0 bridgehead atoms. The second kappa shape index (κ2) is 6.31. The maximum Gasteiger partial charge on any atom is 0.176 e. The third-order valence-corrected chi connectivity index (χ3v) is 6.37. The summed E-state index contributed by atoms with van der Waals surface area (Å²) in [7, 11) is -3.37. The highest BCUT2D eigenvalue weighted by atomic mass is 32.2. The Morgan fingerprint density at radius 1 is 1.47 bits per heavy atom. The minimum absolute atomic E-state index is 0.221. The zero-order valence-electron chi connectivity index (χ0n) is 10.0. The van der Waals surface area contributed by atoms with Gasteiger partial charge in [-0.2, -0.15) is 0 Å². The summed E-state index contributed by atoms with van der Waals surface area (Å²) in [6.45, 7) is 0. The Kier molecular flexibility index (Phi) is 5.63. The molecule has 17 heavy (non-hydrogen) atoms. The van der Waals surface area contributed by atoms with Crippen molar-refractivity contribution in [3.8, 4) is 0 Å². The highest BCUT2D eigenvalue weighted by molar-refractivity contribution is 8.22. The van der Waals surface area contributed by atoms with Crippen LogP contribution in [0.2, 0.25) is 0 Å². The number of thioether (sulfide) groups is 2. The predicted molar refractivity (Wildman–Crippen MR) is 76.8 cm³/mol. The third kappa shape index (κ3) is 5.07. The second-order valence-corrected chi connectivity index (χ2v) is 7.86. The molecule has 0 radical (unpaired) electrons. The average molecular weight is 294 g/mol. The summed E-state index contributed by atoms with van der Waals surface area (Å²) in [5, 5.41) is 11.4. The maximum atomic E-state index is 11.9. The van der Waals surface area contributed by atoms with Gasteiger partial charge in [0.2, 0.25) is 0 Å². The fourth-order valence-electron chi connectivity index (χ4n) is 1.75. The second-order valence-electron chi connectivity index (χ2n) is 4.05. The van der Waals surface area contributed by atoms with Crippen LogP contribution in [-0.2, 0) is 9.84 Å². The van der Waals surface area contributed by atoms with Crippen molar-refractivity contribution in [3.05, 3.63) is 21.8 Å². The van der Waals surface area contributed by atoms with Gasteiger partial charge in [0.25, 0.3) is 0 Å². The van der Waals surface area contributed by atoms with Crippen LogP contribution < -0.4 is 0 Å². The monoisotopic (exact) mass is 294 g/mol. The van der Waals surface area contributed by atoms with E-state index in [1.54, 1.807) is 6.08 Å². The topological polar surface area (TPSA) is 54.4 Å². The van der Waals surface area contributed by atoms with E-state index < -0.39 is 15.4 Å². The van der Waals surface area contributed by atoms with E-state index in [2.05, 4.69) is 0 Å². The van der Waals surface area contributed by atoms with Gasteiger partial charge in [-0.05, 0) is 31.8 Å². The fraction of sp³-hybridized carbons (Fsp3) is 0.636. The van der Waals surface area contributed by atoms with Crippen LogP contribution in [-0.4, -0.2) is 37.4 Å². The lowest BCUT2D eigenvalue weighted by Gasteiger charge is -2.26. The zero-order valence-corrected chi connectivity index (χ0v) is 12.5. The first kappa shape index (κ1) is 15.1. The third-order valence-electron chi connectivity index (χ3n) is 2.54. The quantitative estimate of drug-likeness (QED) is 0.789. The van der Waals surface area contributed by atoms with Crippen molar-refractivity contribution in [1.82, 2.24) is 0 Å². The van der Waals surface area contributed by atoms with Crippen LogP contribution in [0.15, 0.2) is 21.8 Å². The molecule has 1 rings (SSSR count). The van der Waals surface area contributed by atoms with E-state index in [0.717, 1.165) is 17.1 Å². The molecule has 1 unspecified atom stereocenters. The summed E-state index contributed by atoms with van der Waals surface area (Å²) < 4.78 is 24.6. The van der Waals surface area contributed by atoms with E-state index in [1.165, 1.54) is 28.9 Å². The lowest BCUT2D eigenvalue weighted by molar-refractivity contribution is 0.0981. The van der Waals surface area contributed by atoms with Gasteiger partial charge in [0.1, 0.15) is 0 Å². The molecule has 0 heterocycles. The summed E-state index contributed by atoms with van der Waals surface area (Å²) in [5.41, 5.74) is -1.19. The Labute approximate surface area is 112 Å². The normalized spacial score (nSPS) is 24.6. The molecule has 0 aromatic carbocycles. The summed E-state index contributed by atoms with van der Waals surface area (Å²) in [6.07, 6.45) is 9.43. The van der Waals surface area contributed by atoms with Gasteiger partial charge < -0.3 is 5.11 Å². The SMILES string of the molecule is CSC(=CS(=O)(=O)CC1(O)C=CCCC1)SC. The molecule has 0 saturated heterocycles. The number of hydrogen-bond donors (Lipinski definition) is 1. The van der Waals surface area contributed by atoms with Crippen LogP contribution in [0.4, 0.5) is 0 Å². The van der Waals surface area contributed by atoms with E-state index in [4.69, 9.17) is 0 Å². The molecule has 0 saturated carbocycles. The maximum absolute atomic E-state index is 11.9. The van der Waals surface area contributed by atoms with Gasteiger partial charge in [0.15, 0.2) is 9.84 Å². The number of rotatable bonds is 5. The number of allylic oxidation sites excluding steroid dienone is 1. The minimum atomic E-state index is -3.37. The Bertz CT molecular complexity index is 406. The van der Waals surface area contributed by atoms with Crippen LogP contribution in [0.5, 0.6) is 0 Å². The van der Waals surface area contributed by atoms with E-state index >= 15 is 0 Å². The lowest BCUT2D eigenvalue weighted by Crippen LogP contribution is -2.35. The molecule has 98 valence electrons. The fourth-order valence-corrected chi connectivity index (χ4v) is 5.38. The van der Waals surface area contributed by atoms with Gasteiger partial charge in [-0.25, -0.2) is 8.42 Å². The van der Waals surface area contributed by atoms with E-state index in [1.807, 2.05) is 18.6 Å². The Hall–Kier alpha value is 0.0900. The van der Waals surface area contributed by atoms with Crippen molar-refractivity contribution in [2.75, 3.05) is 18.3 Å². The molecule has 3 nitrogen and oxygen atoms in total. The summed E-state index contributed by atoms with van der Waals surface area (Å²) in [5.74, 6) is -0.221. The molecule has 1 aliphatic rings. The molecule has 0 aromatic heterocycles. The Balaban J connectivity index is 2.82. The molecular formula is C11H18O3S3. The standard InChI is InChI=1S/C11H18O3S3/c1-15-10(16-2)8-17(13,14)9-11(12)6-4-3-5-7-11/h4,6,8,12H,3,5,7,9H2,1-2H3. The summed E-state index contributed by atoms with van der Waals surface area (Å²) in [4.78, 5) is 0. The number of hydrogen-bond acceptors (Lipinski definition) is 5. The molecule has 1 N–H and O–H groups in total. The van der Waals surface area contributed by atoms with Crippen molar-refractivity contribution in [3.63, 3.8) is 0 Å². The summed E-state index contributed by atoms with van der Waals surface area (Å²) >= 11 is 2.81. The van der Waals surface area contributed by atoms with Gasteiger partial charge in [0.05, 0.1) is 21.0 Å². The van der Waals surface area contributed by atoms with Crippen molar-refractivity contribution < 1.29 is 13.5 Å². The first-order valence-electron chi connectivity index (χ1n) is 5.33. The van der Waals surface area contributed by atoms with E-state index in [9.17, 15) is 13.5 Å². The molecule has 1 aliphatic carbocycles. The molecule has 0 aliphatic heterocycles. The molecular weight excluding hydrogens is 276 g/mol. The van der Waals surface area contributed by atoms with Crippen LogP contribution in [0.25, 0.3) is 0 Å². The largest absolute Gasteiger partial charge is 0.385 e. The van der Waals surface area contributed by atoms with Gasteiger partial charge in [0, 0.05) is 0 Å². The summed E-state index contributed by atoms with van der Waals surface area (Å²) in [6, 6.07) is 0. The lowest BCUT2D eigenvalue weighted by atomic mass is 9.93. The highest BCUT2D eigenvalue weighted by Gasteiger charge is 2.30. The average Bonchev–Trinajstić information content (AvgIpc) is 2.25. The molecule has 6 heteroatoms. The van der Waals surface area contributed by atoms with Crippen molar-refractivity contribution >= 4 is 33.4 Å². The van der Waals surface area contributed by atoms with Crippen LogP contribution in [0, 0.1) is 0 Å². The van der Waals surface area contributed by atoms with Crippen molar-refractivity contribution in [2.24, 2.45) is 0 Å². The highest BCUT2D eigenvalue weighted by Crippen LogP contribution is 2.28. The molecule has 0 amide bonds. The molecule has 0 aromatic rings. The van der Waals surface area contributed by atoms with E-state index in [0.29, 0.717) is 6.42 Å².